The molecule has 3 heteroatoms. The molecule has 2 aromatic rings. The third kappa shape index (κ3) is 1.05. The summed E-state index contributed by atoms with van der Waals surface area (Å²) in [6.07, 6.45) is 6.18. The Morgan fingerprint density at radius 2 is 2.27 bits per heavy atom. The Balaban J connectivity index is 2.83. The van der Waals surface area contributed by atoms with Crippen LogP contribution in [0.1, 0.15) is 5.69 Å². The van der Waals surface area contributed by atoms with Gasteiger partial charge in [0.05, 0.1) is 17.4 Å². The molecular weight excluding hydrogens is 138 g/mol. The number of hydrogen-bond acceptors (Lipinski definition) is 3. The van der Waals surface area contributed by atoms with Crippen molar-refractivity contribution in [3.8, 4) is 0 Å². The minimum atomic E-state index is 0.797. The second-order valence-corrected chi connectivity index (χ2v) is 2.29. The molecule has 2 aromatic heterocycles. The van der Waals surface area contributed by atoms with Crippen molar-refractivity contribution in [2.24, 2.45) is 0 Å². The molecule has 0 N–H and O–H groups in total. The summed E-state index contributed by atoms with van der Waals surface area (Å²) in [5.74, 6) is 0. The average Bonchev–Trinajstić information content (AvgIpc) is 2.04. The number of rotatable bonds is 0. The average molecular weight is 144 g/mol. The molecule has 0 unspecified atom stereocenters. The molecule has 0 aliphatic heterocycles. The highest BCUT2D eigenvalue weighted by Gasteiger charge is 1.94. The molecule has 0 fully saturated rings. The SMILES string of the molecule is Cc1[c]nc2ccncc2n1. The van der Waals surface area contributed by atoms with Gasteiger partial charge in [-0.05, 0) is 13.0 Å². The van der Waals surface area contributed by atoms with Gasteiger partial charge in [0.2, 0.25) is 0 Å². The lowest BCUT2D eigenvalue weighted by Gasteiger charge is -1.93. The molecule has 0 aliphatic carbocycles. The largest absolute Gasteiger partial charge is 0.262 e. The quantitative estimate of drug-likeness (QED) is 0.556. The summed E-state index contributed by atoms with van der Waals surface area (Å²) in [5.41, 5.74) is 2.46. The first-order valence-electron chi connectivity index (χ1n) is 3.32. The van der Waals surface area contributed by atoms with Gasteiger partial charge in [-0.15, -0.1) is 0 Å². The zero-order valence-electron chi connectivity index (χ0n) is 6.07. The second kappa shape index (κ2) is 2.27. The van der Waals surface area contributed by atoms with E-state index in [-0.39, 0.29) is 0 Å². The lowest BCUT2D eigenvalue weighted by molar-refractivity contribution is 1.16. The Labute approximate surface area is 64.1 Å². The molecule has 53 valence electrons. The van der Waals surface area contributed by atoms with E-state index in [0.717, 1.165) is 16.7 Å². The minimum absolute atomic E-state index is 0.797. The van der Waals surface area contributed by atoms with Gasteiger partial charge >= 0.3 is 0 Å². The highest BCUT2D eigenvalue weighted by molar-refractivity contribution is 5.72. The van der Waals surface area contributed by atoms with Crippen LogP contribution < -0.4 is 0 Å². The van der Waals surface area contributed by atoms with E-state index in [2.05, 4.69) is 21.1 Å². The van der Waals surface area contributed by atoms with Crippen molar-refractivity contribution in [2.75, 3.05) is 0 Å². The highest BCUT2D eigenvalue weighted by atomic mass is 14.8. The van der Waals surface area contributed by atoms with Crippen LogP contribution in [0, 0.1) is 13.1 Å². The van der Waals surface area contributed by atoms with Crippen LogP contribution in [0.15, 0.2) is 18.5 Å². The van der Waals surface area contributed by atoms with Crippen molar-refractivity contribution in [3.63, 3.8) is 0 Å². The summed E-state index contributed by atoms with van der Waals surface area (Å²) >= 11 is 0. The number of nitrogens with zero attached hydrogens (tertiary/aromatic N) is 3. The predicted octanol–water partition coefficient (Wildman–Crippen LogP) is 1.13. The van der Waals surface area contributed by atoms with Gasteiger partial charge in [-0.2, -0.15) is 0 Å². The summed E-state index contributed by atoms with van der Waals surface area (Å²) in [4.78, 5) is 12.2. The number of hydrogen-bond donors (Lipinski definition) is 0. The van der Waals surface area contributed by atoms with Gasteiger partial charge in [-0.3, -0.25) is 4.98 Å². The molecule has 11 heavy (non-hydrogen) atoms. The molecule has 0 saturated carbocycles. The number of pyridine rings is 1. The van der Waals surface area contributed by atoms with Gasteiger partial charge in [0.1, 0.15) is 11.7 Å². The van der Waals surface area contributed by atoms with E-state index in [4.69, 9.17) is 0 Å². The topological polar surface area (TPSA) is 38.7 Å². The van der Waals surface area contributed by atoms with E-state index in [1.165, 1.54) is 0 Å². The van der Waals surface area contributed by atoms with Gasteiger partial charge in [-0.25, -0.2) is 9.97 Å². The minimum Gasteiger partial charge on any atom is -0.262 e. The fourth-order valence-electron chi connectivity index (χ4n) is 0.906. The van der Waals surface area contributed by atoms with Crippen LogP contribution in [0.3, 0.4) is 0 Å². The Morgan fingerprint density at radius 3 is 3.18 bits per heavy atom. The van der Waals surface area contributed by atoms with Crippen LogP contribution >= 0.6 is 0 Å². The van der Waals surface area contributed by atoms with Crippen LogP contribution in [-0.2, 0) is 0 Å². The maximum absolute atomic E-state index is 4.20. The van der Waals surface area contributed by atoms with E-state index >= 15 is 0 Å². The standard InChI is InChI=1S/C8H6N3/c1-6-4-10-7-2-3-9-5-8(7)11-6/h2-3,5H,1H3. The molecule has 0 amide bonds. The Hall–Kier alpha value is -1.51. The van der Waals surface area contributed by atoms with E-state index in [0.29, 0.717) is 0 Å². The lowest BCUT2D eigenvalue weighted by Crippen LogP contribution is -1.87. The summed E-state index contributed by atoms with van der Waals surface area (Å²) in [6, 6.07) is 1.82. The number of aryl methyl sites for hydroxylation is 1. The maximum Gasteiger partial charge on any atom is 0.112 e. The monoisotopic (exact) mass is 144 g/mol. The molecular formula is C8H6N3. The second-order valence-electron chi connectivity index (χ2n) is 2.29. The Kier molecular flexibility index (Phi) is 1.28. The van der Waals surface area contributed by atoms with E-state index in [9.17, 15) is 0 Å². The molecule has 0 atom stereocenters. The summed E-state index contributed by atoms with van der Waals surface area (Å²) < 4.78 is 0. The van der Waals surface area contributed by atoms with Crippen molar-refractivity contribution in [1.82, 2.24) is 15.0 Å². The zero-order valence-corrected chi connectivity index (χ0v) is 6.07. The van der Waals surface area contributed by atoms with Crippen molar-refractivity contribution < 1.29 is 0 Å². The normalized spacial score (nSPS) is 10.3. The third-order valence-corrected chi connectivity index (χ3v) is 1.40. The van der Waals surface area contributed by atoms with E-state index in [1.54, 1.807) is 12.4 Å². The van der Waals surface area contributed by atoms with Crippen LogP contribution in [0.25, 0.3) is 11.0 Å². The van der Waals surface area contributed by atoms with Gasteiger partial charge in [0.15, 0.2) is 0 Å². The van der Waals surface area contributed by atoms with Crippen LogP contribution in [-0.4, -0.2) is 15.0 Å². The molecule has 0 saturated heterocycles. The number of aromatic nitrogens is 3. The van der Waals surface area contributed by atoms with E-state index < -0.39 is 0 Å². The fourth-order valence-corrected chi connectivity index (χ4v) is 0.906. The highest BCUT2D eigenvalue weighted by Crippen LogP contribution is 2.04. The van der Waals surface area contributed by atoms with Crippen molar-refractivity contribution in [3.05, 3.63) is 30.4 Å². The smallest absolute Gasteiger partial charge is 0.112 e. The molecule has 1 radical (unpaired) electrons. The Morgan fingerprint density at radius 1 is 1.36 bits per heavy atom. The first-order valence-corrected chi connectivity index (χ1v) is 3.32. The third-order valence-electron chi connectivity index (χ3n) is 1.40. The molecule has 3 nitrogen and oxygen atoms in total. The van der Waals surface area contributed by atoms with Gasteiger partial charge < -0.3 is 0 Å². The van der Waals surface area contributed by atoms with Crippen LogP contribution in [0.2, 0.25) is 0 Å². The molecule has 2 heterocycles. The molecule has 2 rings (SSSR count). The first kappa shape index (κ1) is 6.22. The molecule has 0 aromatic carbocycles. The summed E-state index contributed by atoms with van der Waals surface area (Å²) in [5, 5.41) is 0. The van der Waals surface area contributed by atoms with Crippen LogP contribution in [0.5, 0.6) is 0 Å². The zero-order chi connectivity index (χ0) is 7.68. The molecule has 0 aliphatic rings. The molecule has 0 bridgehead atoms. The van der Waals surface area contributed by atoms with Crippen molar-refractivity contribution in [1.29, 1.82) is 0 Å². The fraction of sp³-hybridized carbons (Fsp3) is 0.125. The van der Waals surface area contributed by atoms with Gasteiger partial charge in [-0.1, -0.05) is 0 Å². The summed E-state index contributed by atoms with van der Waals surface area (Å²) in [6.45, 7) is 1.86. The molecule has 0 spiro atoms. The van der Waals surface area contributed by atoms with Gasteiger partial charge in [0, 0.05) is 6.20 Å². The van der Waals surface area contributed by atoms with Crippen molar-refractivity contribution >= 4 is 11.0 Å². The van der Waals surface area contributed by atoms with Crippen LogP contribution in [0.4, 0.5) is 0 Å². The first-order chi connectivity index (χ1) is 5.36. The van der Waals surface area contributed by atoms with E-state index in [1.807, 2.05) is 13.0 Å². The van der Waals surface area contributed by atoms with Crippen molar-refractivity contribution in [2.45, 2.75) is 6.92 Å². The lowest BCUT2D eigenvalue weighted by atomic mass is 10.4. The number of fused-ring (bicyclic) bond motifs is 1. The Bertz CT molecular complexity index is 384. The van der Waals surface area contributed by atoms with Gasteiger partial charge in [0.25, 0.3) is 0 Å². The predicted molar refractivity (Wildman–Crippen MR) is 40.9 cm³/mol. The summed E-state index contributed by atoms with van der Waals surface area (Å²) in [7, 11) is 0. The maximum atomic E-state index is 4.20.